The zero-order valence-corrected chi connectivity index (χ0v) is 11.4. The second-order valence-electron chi connectivity index (χ2n) is 3.68. The summed E-state index contributed by atoms with van der Waals surface area (Å²) in [4.78, 5) is 3.86. The van der Waals surface area contributed by atoms with Crippen molar-refractivity contribution in [2.45, 2.75) is 6.18 Å². The van der Waals surface area contributed by atoms with Gasteiger partial charge in [-0.15, -0.1) is 11.3 Å². The molecule has 0 aliphatic rings. The van der Waals surface area contributed by atoms with Crippen LogP contribution in [0.25, 0.3) is 0 Å². The van der Waals surface area contributed by atoms with Crippen molar-refractivity contribution in [1.29, 1.82) is 0 Å². The van der Waals surface area contributed by atoms with Crippen molar-refractivity contribution >= 4 is 40.1 Å². The van der Waals surface area contributed by atoms with Gasteiger partial charge in [0.25, 0.3) is 0 Å². The first-order valence-corrected chi connectivity index (χ1v) is 6.49. The van der Waals surface area contributed by atoms with E-state index in [9.17, 15) is 13.2 Å². The number of benzene rings is 1. The van der Waals surface area contributed by atoms with Crippen LogP contribution in [-0.4, -0.2) is 11.2 Å². The molecule has 0 unspecified atom stereocenters. The van der Waals surface area contributed by atoms with Crippen LogP contribution in [-0.2, 0) is 6.18 Å². The molecule has 0 atom stereocenters. The van der Waals surface area contributed by atoms with Gasteiger partial charge in [0.15, 0.2) is 0 Å². The van der Waals surface area contributed by atoms with Gasteiger partial charge in [0.1, 0.15) is 5.82 Å². The van der Waals surface area contributed by atoms with Crippen LogP contribution < -0.4 is 11.2 Å². The predicted octanol–water partition coefficient (Wildman–Crippen LogP) is 3.84. The summed E-state index contributed by atoms with van der Waals surface area (Å²) >= 11 is 6.77. The molecule has 0 bridgehead atoms. The van der Waals surface area contributed by atoms with Gasteiger partial charge >= 0.3 is 6.18 Å². The lowest BCUT2D eigenvalue weighted by Gasteiger charge is -2.10. The molecular formula is C11H8ClF3N4S. The molecule has 1 aromatic carbocycles. The molecule has 2 rings (SSSR count). The van der Waals surface area contributed by atoms with Gasteiger partial charge in [0.05, 0.1) is 11.8 Å². The Morgan fingerprint density at radius 2 is 2.15 bits per heavy atom. The van der Waals surface area contributed by atoms with Gasteiger partial charge in [-0.05, 0) is 12.1 Å². The van der Waals surface area contributed by atoms with Gasteiger partial charge in [0.2, 0.25) is 5.13 Å². The first kappa shape index (κ1) is 14.6. The summed E-state index contributed by atoms with van der Waals surface area (Å²) in [5, 5.41) is 5.69. The standard InChI is InChI=1S/C11H8ClF3N4S/c12-7-2-1-6(8(3-7)11(13,14)15)4-17-19-10-18-9(16)5-20-10/h1-5H,16H2,(H,18,19). The molecule has 1 aromatic heterocycles. The van der Waals surface area contributed by atoms with Crippen LogP contribution in [0.4, 0.5) is 24.1 Å². The first-order chi connectivity index (χ1) is 9.36. The first-order valence-electron chi connectivity index (χ1n) is 5.23. The number of thiazole rings is 1. The van der Waals surface area contributed by atoms with E-state index < -0.39 is 11.7 Å². The molecule has 0 fully saturated rings. The molecule has 0 saturated carbocycles. The second-order valence-corrected chi connectivity index (χ2v) is 4.97. The quantitative estimate of drug-likeness (QED) is 0.667. The lowest BCUT2D eigenvalue weighted by molar-refractivity contribution is -0.137. The number of anilines is 2. The molecule has 1 heterocycles. The molecule has 3 N–H and O–H groups in total. The average molecular weight is 321 g/mol. The molecule has 0 radical (unpaired) electrons. The molecule has 106 valence electrons. The molecule has 2 aromatic rings. The van der Waals surface area contributed by atoms with Crippen LogP contribution in [0.3, 0.4) is 0 Å². The number of nitrogens with two attached hydrogens (primary N) is 1. The Labute approximate surface area is 121 Å². The number of hydrogen-bond donors (Lipinski definition) is 2. The van der Waals surface area contributed by atoms with Crippen molar-refractivity contribution in [2.75, 3.05) is 11.2 Å². The van der Waals surface area contributed by atoms with Crippen molar-refractivity contribution in [3.05, 3.63) is 39.7 Å². The largest absolute Gasteiger partial charge is 0.417 e. The normalized spacial score (nSPS) is 12.0. The molecule has 0 spiro atoms. The second kappa shape index (κ2) is 5.68. The van der Waals surface area contributed by atoms with Crippen molar-refractivity contribution < 1.29 is 13.2 Å². The van der Waals surface area contributed by atoms with E-state index in [0.717, 1.165) is 12.3 Å². The van der Waals surface area contributed by atoms with Crippen molar-refractivity contribution in [3.8, 4) is 0 Å². The summed E-state index contributed by atoms with van der Waals surface area (Å²) in [5.74, 6) is 0.315. The number of nitrogen functional groups attached to an aromatic ring is 1. The van der Waals surface area contributed by atoms with E-state index in [1.807, 2.05) is 0 Å². The Morgan fingerprint density at radius 1 is 1.40 bits per heavy atom. The van der Waals surface area contributed by atoms with Crippen LogP contribution in [0.15, 0.2) is 28.7 Å². The summed E-state index contributed by atoms with van der Waals surface area (Å²) in [7, 11) is 0. The number of hydrazone groups is 1. The lowest BCUT2D eigenvalue weighted by atomic mass is 10.1. The zero-order valence-electron chi connectivity index (χ0n) is 9.78. The number of halogens is 4. The third-order valence-electron chi connectivity index (χ3n) is 2.21. The van der Waals surface area contributed by atoms with E-state index in [2.05, 4.69) is 15.5 Å². The van der Waals surface area contributed by atoms with E-state index in [1.54, 1.807) is 5.38 Å². The number of nitrogens with one attached hydrogen (secondary N) is 1. The monoisotopic (exact) mass is 320 g/mol. The van der Waals surface area contributed by atoms with Gasteiger partial charge in [-0.25, -0.2) is 4.98 Å². The Hall–Kier alpha value is -1.80. The highest BCUT2D eigenvalue weighted by molar-refractivity contribution is 7.14. The number of rotatable bonds is 3. The topological polar surface area (TPSA) is 63.3 Å². The van der Waals surface area contributed by atoms with Gasteiger partial charge < -0.3 is 5.73 Å². The lowest BCUT2D eigenvalue weighted by Crippen LogP contribution is -2.09. The maximum Gasteiger partial charge on any atom is 0.417 e. The Kier molecular flexibility index (Phi) is 4.15. The number of aromatic nitrogens is 1. The van der Waals surface area contributed by atoms with E-state index in [0.29, 0.717) is 10.9 Å². The van der Waals surface area contributed by atoms with Crippen molar-refractivity contribution in [3.63, 3.8) is 0 Å². The fourth-order valence-corrected chi connectivity index (χ4v) is 2.10. The Morgan fingerprint density at radius 3 is 2.75 bits per heavy atom. The van der Waals surface area contributed by atoms with Crippen LogP contribution in [0, 0.1) is 0 Å². The fraction of sp³-hybridized carbons (Fsp3) is 0.0909. The maximum absolute atomic E-state index is 12.8. The summed E-state index contributed by atoms with van der Waals surface area (Å²) in [6, 6.07) is 3.45. The number of nitrogens with zero attached hydrogens (tertiary/aromatic N) is 2. The highest BCUT2D eigenvalue weighted by atomic mass is 35.5. The summed E-state index contributed by atoms with van der Waals surface area (Å²) in [6.07, 6.45) is -3.45. The SMILES string of the molecule is Nc1csc(NN=Cc2ccc(Cl)cc2C(F)(F)F)n1. The van der Waals surface area contributed by atoms with Crippen molar-refractivity contribution in [1.82, 2.24) is 4.98 Å². The van der Waals surface area contributed by atoms with Crippen LogP contribution in [0.1, 0.15) is 11.1 Å². The minimum absolute atomic E-state index is 0.00938. The smallest absolute Gasteiger partial charge is 0.383 e. The Bertz CT molecular complexity index is 639. The van der Waals surface area contributed by atoms with Crippen LogP contribution in [0.5, 0.6) is 0 Å². The van der Waals surface area contributed by atoms with Crippen molar-refractivity contribution in [2.24, 2.45) is 5.10 Å². The highest BCUT2D eigenvalue weighted by Gasteiger charge is 2.33. The molecular weight excluding hydrogens is 313 g/mol. The fourth-order valence-electron chi connectivity index (χ4n) is 1.38. The van der Waals surface area contributed by atoms with E-state index in [4.69, 9.17) is 17.3 Å². The summed E-state index contributed by atoms with van der Waals surface area (Å²) in [5.41, 5.74) is 6.96. The predicted molar refractivity (Wildman–Crippen MR) is 74.2 cm³/mol. The highest BCUT2D eigenvalue weighted by Crippen LogP contribution is 2.33. The maximum atomic E-state index is 12.8. The summed E-state index contributed by atoms with van der Waals surface area (Å²) in [6.45, 7) is 0. The molecule has 20 heavy (non-hydrogen) atoms. The number of alkyl halides is 3. The molecule has 0 saturated heterocycles. The zero-order chi connectivity index (χ0) is 14.8. The van der Waals surface area contributed by atoms with E-state index in [-0.39, 0.29) is 10.6 Å². The molecule has 0 aliphatic carbocycles. The summed E-state index contributed by atoms with van der Waals surface area (Å²) < 4.78 is 38.4. The molecule has 0 amide bonds. The average Bonchev–Trinajstić information content (AvgIpc) is 2.76. The third-order valence-corrected chi connectivity index (χ3v) is 3.21. The minimum atomic E-state index is -4.50. The van der Waals surface area contributed by atoms with Gasteiger partial charge in [-0.3, -0.25) is 5.43 Å². The van der Waals surface area contributed by atoms with Gasteiger partial charge in [-0.2, -0.15) is 18.3 Å². The molecule has 9 heteroatoms. The Balaban J connectivity index is 2.20. The molecule has 4 nitrogen and oxygen atoms in total. The van der Waals surface area contributed by atoms with E-state index in [1.165, 1.54) is 23.5 Å². The third kappa shape index (κ3) is 3.61. The van der Waals surface area contributed by atoms with Gasteiger partial charge in [-0.1, -0.05) is 17.7 Å². The van der Waals surface area contributed by atoms with Crippen LogP contribution in [0.2, 0.25) is 5.02 Å². The minimum Gasteiger partial charge on any atom is -0.383 e. The molecule has 0 aliphatic heterocycles. The number of hydrogen-bond acceptors (Lipinski definition) is 5. The van der Waals surface area contributed by atoms with Gasteiger partial charge in [0, 0.05) is 16.0 Å². The van der Waals surface area contributed by atoms with Crippen LogP contribution >= 0.6 is 22.9 Å². The van der Waals surface area contributed by atoms with E-state index >= 15 is 0 Å².